The van der Waals surface area contributed by atoms with Gasteiger partial charge in [0.25, 0.3) is 0 Å². The van der Waals surface area contributed by atoms with Crippen molar-refractivity contribution in [2.24, 2.45) is 5.92 Å². The number of halogens is 1. The number of amides is 1. The molecule has 1 saturated heterocycles. The lowest BCUT2D eigenvalue weighted by molar-refractivity contribution is -0.117. The first kappa shape index (κ1) is 13.9. The summed E-state index contributed by atoms with van der Waals surface area (Å²) in [6.07, 6.45) is 6.06. The zero-order valence-electron chi connectivity index (χ0n) is 11.8. The normalized spacial score (nSPS) is 29.0. The highest BCUT2D eigenvalue weighted by Gasteiger charge is 2.38. The molecule has 1 heterocycles. The molecular formula is C16H21ClN2O. The van der Waals surface area contributed by atoms with Crippen LogP contribution in [0.25, 0.3) is 0 Å². The average molecular weight is 293 g/mol. The van der Waals surface area contributed by atoms with Gasteiger partial charge in [-0.05, 0) is 55.9 Å². The molecule has 2 fully saturated rings. The molecule has 3 atom stereocenters. The van der Waals surface area contributed by atoms with Gasteiger partial charge in [0.1, 0.15) is 0 Å². The lowest BCUT2D eigenvalue weighted by Crippen LogP contribution is -2.40. The number of fused-ring (bicyclic) bond motifs is 1. The molecule has 1 aliphatic heterocycles. The second kappa shape index (κ2) is 5.74. The van der Waals surface area contributed by atoms with Gasteiger partial charge >= 0.3 is 0 Å². The summed E-state index contributed by atoms with van der Waals surface area (Å²) in [5, 5.41) is 7.23. The maximum absolute atomic E-state index is 12.4. The Morgan fingerprint density at radius 3 is 2.90 bits per heavy atom. The zero-order chi connectivity index (χ0) is 14.1. The van der Waals surface area contributed by atoms with Crippen molar-refractivity contribution in [3.63, 3.8) is 0 Å². The first-order valence-electron chi connectivity index (χ1n) is 7.46. The summed E-state index contributed by atoms with van der Waals surface area (Å²) in [6.45, 7) is 1.96. The fourth-order valence-electron chi connectivity index (χ4n) is 3.51. The van der Waals surface area contributed by atoms with Gasteiger partial charge in [-0.25, -0.2) is 0 Å². The van der Waals surface area contributed by atoms with E-state index in [1.54, 1.807) is 0 Å². The summed E-state index contributed by atoms with van der Waals surface area (Å²) in [5.41, 5.74) is 1.86. The first-order chi connectivity index (χ1) is 9.63. The van der Waals surface area contributed by atoms with Crippen LogP contribution in [-0.2, 0) is 4.79 Å². The van der Waals surface area contributed by atoms with Gasteiger partial charge in [-0.3, -0.25) is 4.79 Å². The Kier molecular flexibility index (Phi) is 3.99. The molecule has 108 valence electrons. The van der Waals surface area contributed by atoms with Gasteiger partial charge in [0.2, 0.25) is 5.91 Å². The smallest absolute Gasteiger partial charge is 0.241 e. The maximum Gasteiger partial charge on any atom is 0.241 e. The number of rotatable bonds is 2. The summed E-state index contributed by atoms with van der Waals surface area (Å²) >= 11 is 5.94. The van der Waals surface area contributed by atoms with E-state index in [4.69, 9.17) is 11.6 Å². The van der Waals surface area contributed by atoms with Crippen molar-refractivity contribution in [2.75, 3.05) is 5.32 Å². The van der Waals surface area contributed by atoms with E-state index in [-0.39, 0.29) is 11.9 Å². The lowest BCUT2D eigenvalue weighted by atomic mass is 9.85. The highest BCUT2D eigenvalue weighted by Crippen LogP contribution is 2.33. The topological polar surface area (TPSA) is 41.1 Å². The molecule has 1 amide bonds. The Hall–Kier alpha value is -1.06. The van der Waals surface area contributed by atoms with Crippen LogP contribution < -0.4 is 10.6 Å². The Bertz CT molecular complexity index is 503. The first-order valence-corrected chi connectivity index (χ1v) is 7.84. The van der Waals surface area contributed by atoms with Crippen LogP contribution in [0, 0.1) is 12.8 Å². The van der Waals surface area contributed by atoms with E-state index in [0.29, 0.717) is 17.0 Å². The van der Waals surface area contributed by atoms with Crippen molar-refractivity contribution >= 4 is 23.2 Å². The van der Waals surface area contributed by atoms with Crippen molar-refractivity contribution < 1.29 is 4.79 Å². The molecule has 0 radical (unpaired) electrons. The molecule has 1 aromatic carbocycles. The molecule has 0 spiro atoms. The SMILES string of the molecule is Cc1cc(Cl)ccc1NC(=O)C1CC2CCCCC2N1. The van der Waals surface area contributed by atoms with Crippen molar-refractivity contribution in [1.29, 1.82) is 0 Å². The highest BCUT2D eigenvalue weighted by atomic mass is 35.5. The number of aryl methyl sites for hydroxylation is 1. The Morgan fingerprint density at radius 1 is 1.35 bits per heavy atom. The summed E-state index contributed by atoms with van der Waals surface area (Å²) in [6, 6.07) is 6.06. The van der Waals surface area contributed by atoms with Crippen LogP contribution in [0.4, 0.5) is 5.69 Å². The monoisotopic (exact) mass is 292 g/mol. The predicted octanol–water partition coefficient (Wildman–Crippen LogP) is 3.51. The third-order valence-corrected chi connectivity index (χ3v) is 4.86. The summed E-state index contributed by atoms with van der Waals surface area (Å²) in [5.74, 6) is 0.774. The minimum absolute atomic E-state index is 0.0434. The Labute approximate surface area is 125 Å². The van der Waals surface area contributed by atoms with Crippen molar-refractivity contribution in [3.8, 4) is 0 Å². The molecule has 1 aliphatic carbocycles. The average Bonchev–Trinajstić information content (AvgIpc) is 2.86. The van der Waals surface area contributed by atoms with Crippen LogP contribution in [0.3, 0.4) is 0 Å². The molecule has 2 N–H and O–H groups in total. The number of nitrogens with one attached hydrogen (secondary N) is 2. The Morgan fingerprint density at radius 2 is 2.15 bits per heavy atom. The number of benzene rings is 1. The molecule has 3 nitrogen and oxygen atoms in total. The molecule has 3 rings (SSSR count). The summed E-state index contributed by atoms with van der Waals surface area (Å²) in [4.78, 5) is 12.4. The minimum atomic E-state index is -0.0434. The van der Waals surface area contributed by atoms with Crippen LogP contribution in [0.5, 0.6) is 0 Å². The van der Waals surface area contributed by atoms with Gasteiger partial charge in [-0.1, -0.05) is 24.4 Å². The van der Waals surface area contributed by atoms with Crippen LogP contribution in [0.2, 0.25) is 5.02 Å². The third kappa shape index (κ3) is 2.84. The van der Waals surface area contributed by atoms with Crippen LogP contribution in [0.1, 0.15) is 37.7 Å². The molecule has 1 saturated carbocycles. The largest absolute Gasteiger partial charge is 0.324 e. The van der Waals surface area contributed by atoms with E-state index < -0.39 is 0 Å². The third-order valence-electron chi connectivity index (χ3n) is 4.63. The van der Waals surface area contributed by atoms with E-state index in [9.17, 15) is 4.79 Å². The highest BCUT2D eigenvalue weighted by molar-refractivity contribution is 6.30. The number of hydrogen-bond acceptors (Lipinski definition) is 2. The Balaban J connectivity index is 1.65. The second-order valence-electron chi connectivity index (χ2n) is 6.05. The quantitative estimate of drug-likeness (QED) is 0.876. The molecule has 0 bridgehead atoms. The van der Waals surface area contributed by atoms with Gasteiger partial charge in [0.15, 0.2) is 0 Å². The van der Waals surface area contributed by atoms with Gasteiger partial charge < -0.3 is 10.6 Å². The van der Waals surface area contributed by atoms with Crippen LogP contribution in [-0.4, -0.2) is 18.0 Å². The van der Waals surface area contributed by atoms with Gasteiger partial charge in [-0.15, -0.1) is 0 Å². The second-order valence-corrected chi connectivity index (χ2v) is 6.49. The van der Waals surface area contributed by atoms with Gasteiger partial charge in [-0.2, -0.15) is 0 Å². The molecule has 0 aromatic heterocycles. The van der Waals surface area contributed by atoms with Gasteiger partial charge in [0.05, 0.1) is 6.04 Å². The standard InChI is InChI=1S/C16H21ClN2O/c1-10-8-12(17)6-7-13(10)19-16(20)15-9-11-4-2-3-5-14(11)18-15/h6-8,11,14-15,18H,2-5,9H2,1H3,(H,19,20). The molecule has 2 aliphatic rings. The fraction of sp³-hybridized carbons (Fsp3) is 0.562. The molecule has 1 aromatic rings. The molecule has 3 unspecified atom stereocenters. The maximum atomic E-state index is 12.4. The van der Waals surface area contributed by atoms with E-state index in [1.807, 2.05) is 25.1 Å². The predicted molar refractivity (Wildman–Crippen MR) is 82.1 cm³/mol. The van der Waals surface area contributed by atoms with E-state index in [2.05, 4.69) is 10.6 Å². The molecule has 20 heavy (non-hydrogen) atoms. The number of carbonyl (C=O) groups excluding carboxylic acids is 1. The van der Waals surface area contributed by atoms with E-state index in [0.717, 1.165) is 17.7 Å². The van der Waals surface area contributed by atoms with Gasteiger partial charge in [0, 0.05) is 16.8 Å². The summed E-state index contributed by atoms with van der Waals surface area (Å²) < 4.78 is 0. The van der Waals surface area contributed by atoms with Crippen molar-refractivity contribution in [2.45, 2.75) is 51.1 Å². The lowest BCUT2D eigenvalue weighted by Gasteiger charge is -2.24. The summed E-state index contributed by atoms with van der Waals surface area (Å²) in [7, 11) is 0. The number of hydrogen-bond donors (Lipinski definition) is 2. The minimum Gasteiger partial charge on any atom is -0.324 e. The van der Waals surface area contributed by atoms with Crippen LogP contribution in [0.15, 0.2) is 18.2 Å². The van der Waals surface area contributed by atoms with E-state index in [1.165, 1.54) is 25.7 Å². The molecular weight excluding hydrogens is 272 g/mol. The number of carbonyl (C=O) groups is 1. The zero-order valence-corrected chi connectivity index (χ0v) is 12.5. The van der Waals surface area contributed by atoms with Crippen LogP contribution >= 0.6 is 11.6 Å². The van der Waals surface area contributed by atoms with Crippen molar-refractivity contribution in [1.82, 2.24) is 5.32 Å². The van der Waals surface area contributed by atoms with E-state index >= 15 is 0 Å². The molecule has 4 heteroatoms. The van der Waals surface area contributed by atoms with Crippen molar-refractivity contribution in [3.05, 3.63) is 28.8 Å². The number of anilines is 1. The fourth-order valence-corrected chi connectivity index (χ4v) is 3.73.